The third kappa shape index (κ3) is 1.23. The largest absolute Gasteiger partial charge is 0.480 e. The lowest BCUT2D eigenvalue weighted by Gasteiger charge is -2.09. The summed E-state index contributed by atoms with van der Waals surface area (Å²) in [6, 6.07) is -0.900. The number of aliphatic hydroxyl groups excluding tert-OH is 1. The van der Waals surface area contributed by atoms with Gasteiger partial charge in [0.2, 0.25) is 0 Å². The van der Waals surface area contributed by atoms with Gasteiger partial charge in [-0.05, 0) is 0 Å². The summed E-state index contributed by atoms with van der Waals surface area (Å²) in [6.45, 7) is 0.347. The minimum absolute atomic E-state index is 0.347. The quantitative estimate of drug-likeness (QED) is 0.437. The molecule has 0 aromatic carbocycles. The van der Waals surface area contributed by atoms with Crippen LogP contribution < -0.4 is 5.32 Å². The number of carboxylic acids is 1. The highest BCUT2D eigenvalue weighted by Gasteiger charge is 2.37. The maximum Gasteiger partial charge on any atom is 0.323 e. The van der Waals surface area contributed by atoms with Crippen molar-refractivity contribution >= 4 is 17.6 Å². The Bertz CT molecular complexity index is 152. The van der Waals surface area contributed by atoms with E-state index in [-0.39, 0.29) is 0 Å². The number of hydrogen-bond donors (Lipinski definition) is 3. The van der Waals surface area contributed by atoms with Crippen LogP contribution in [-0.4, -0.2) is 40.3 Å². The smallest absolute Gasteiger partial charge is 0.323 e. The molecular formula is C5H8ClNO3. The van der Waals surface area contributed by atoms with E-state index in [2.05, 4.69) is 5.32 Å². The first-order valence-electron chi connectivity index (χ1n) is 2.91. The van der Waals surface area contributed by atoms with Crippen molar-refractivity contribution in [3.05, 3.63) is 0 Å². The van der Waals surface area contributed by atoms with Crippen LogP contribution in [0.25, 0.3) is 0 Å². The minimum atomic E-state index is -1.06. The normalized spacial score (nSPS) is 40.0. The van der Waals surface area contributed by atoms with Crippen LogP contribution in [0.2, 0.25) is 0 Å². The third-order valence-electron chi connectivity index (χ3n) is 1.51. The summed E-state index contributed by atoms with van der Waals surface area (Å²) >= 11 is 5.53. The summed E-state index contributed by atoms with van der Waals surface area (Å²) in [5.74, 6) is -1.06. The van der Waals surface area contributed by atoms with Crippen LogP contribution in [0.3, 0.4) is 0 Å². The maximum absolute atomic E-state index is 10.3. The highest BCUT2D eigenvalue weighted by atomic mass is 35.5. The molecule has 0 amide bonds. The van der Waals surface area contributed by atoms with Crippen LogP contribution in [0.5, 0.6) is 0 Å². The van der Waals surface area contributed by atoms with Gasteiger partial charge in [0, 0.05) is 6.54 Å². The van der Waals surface area contributed by atoms with E-state index < -0.39 is 23.5 Å². The number of aliphatic carboxylic acids is 1. The van der Waals surface area contributed by atoms with Crippen molar-refractivity contribution in [1.29, 1.82) is 0 Å². The van der Waals surface area contributed by atoms with E-state index in [1.54, 1.807) is 0 Å². The topological polar surface area (TPSA) is 69.6 Å². The highest BCUT2D eigenvalue weighted by molar-refractivity contribution is 6.21. The molecule has 0 saturated carbocycles. The molecule has 5 heteroatoms. The molecule has 10 heavy (non-hydrogen) atoms. The molecule has 0 spiro atoms. The van der Waals surface area contributed by atoms with Crippen molar-refractivity contribution in [2.24, 2.45) is 0 Å². The molecule has 3 atom stereocenters. The number of carboxylic acid groups (broad SMARTS) is 1. The third-order valence-corrected chi connectivity index (χ3v) is 1.92. The Kier molecular flexibility index (Phi) is 2.13. The van der Waals surface area contributed by atoms with Gasteiger partial charge in [-0.15, -0.1) is 11.6 Å². The van der Waals surface area contributed by atoms with E-state index in [0.717, 1.165) is 0 Å². The fourth-order valence-corrected chi connectivity index (χ4v) is 1.16. The summed E-state index contributed by atoms with van der Waals surface area (Å²) < 4.78 is 0. The number of alkyl halides is 1. The Hall–Kier alpha value is -0.320. The summed E-state index contributed by atoms with van der Waals surface area (Å²) in [5, 5.41) is 19.6. The molecule has 1 saturated heterocycles. The number of rotatable bonds is 1. The van der Waals surface area contributed by atoms with Crippen LogP contribution >= 0.6 is 11.6 Å². The van der Waals surface area contributed by atoms with E-state index in [0.29, 0.717) is 6.54 Å². The number of carbonyl (C=O) groups is 1. The van der Waals surface area contributed by atoms with Crippen LogP contribution in [-0.2, 0) is 4.79 Å². The summed E-state index contributed by atoms with van der Waals surface area (Å²) in [5.41, 5.74) is 0. The molecule has 0 bridgehead atoms. The second-order valence-corrected chi connectivity index (χ2v) is 2.79. The van der Waals surface area contributed by atoms with Gasteiger partial charge in [0.05, 0.1) is 11.5 Å². The average Bonchev–Trinajstić information content (AvgIpc) is 2.14. The number of aliphatic hydroxyl groups is 1. The SMILES string of the molecule is O=C(O)C1NCC(Cl)C1O. The Morgan fingerprint density at radius 3 is 2.50 bits per heavy atom. The first-order valence-corrected chi connectivity index (χ1v) is 3.35. The van der Waals surface area contributed by atoms with Gasteiger partial charge in [0.25, 0.3) is 0 Å². The molecular weight excluding hydrogens is 158 g/mol. The number of halogens is 1. The van der Waals surface area contributed by atoms with E-state index >= 15 is 0 Å². The van der Waals surface area contributed by atoms with Gasteiger partial charge in [-0.25, -0.2) is 0 Å². The lowest BCUT2D eigenvalue weighted by molar-refractivity contribution is -0.141. The standard InChI is InChI=1S/C5H8ClNO3/c6-2-1-7-3(4(2)8)5(9)10/h2-4,7-8H,1H2,(H,9,10). The molecule has 3 unspecified atom stereocenters. The van der Waals surface area contributed by atoms with Gasteiger partial charge in [0.15, 0.2) is 0 Å². The van der Waals surface area contributed by atoms with Crippen LogP contribution in [0.4, 0.5) is 0 Å². The fourth-order valence-electron chi connectivity index (χ4n) is 0.923. The molecule has 1 rings (SSSR count). The summed E-state index contributed by atoms with van der Waals surface area (Å²) in [6.07, 6.45) is -0.973. The zero-order chi connectivity index (χ0) is 7.72. The van der Waals surface area contributed by atoms with E-state index in [1.807, 2.05) is 0 Å². The minimum Gasteiger partial charge on any atom is -0.480 e. The lowest BCUT2D eigenvalue weighted by Crippen LogP contribution is -2.39. The highest BCUT2D eigenvalue weighted by Crippen LogP contribution is 2.13. The number of nitrogens with one attached hydrogen (secondary N) is 1. The van der Waals surface area contributed by atoms with Crippen molar-refractivity contribution in [3.8, 4) is 0 Å². The molecule has 1 aliphatic heterocycles. The van der Waals surface area contributed by atoms with Crippen molar-refractivity contribution < 1.29 is 15.0 Å². The van der Waals surface area contributed by atoms with Crippen molar-refractivity contribution in [3.63, 3.8) is 0 Å². The molecule has 0 aromatic heterocycles. The monoisotopic (exact) mass is 165 g/mol. The molecule has 1 fully saturated rings. The Balaban J connectivity index is 2.57. The summed E-state index contributed by atoms with van der Waals surface area (Å²) in [7, 11) is 0. The lowest BCUT2D eigenvalue weighted by atomic mass is 10.2. The van der Waals surface area contributed by atoms with Crippen LogP contribution in [0, 0.1) is 0 Å². The Morgan fingerprint density at radius 2 is 2.30 bits per heavy atom. The molecule has 1 heterocycles. The van der Waals surface area contributed by atoms with Crippen molar-refractivity contribution in [2.75, 3.05) is 6.54 Å². The van der Waals surface area contributed by atoms with Gasteiger partial charge in [-0.1, -0.05) is 0 Å². The number of hydrogen-bond acceptors (Lipinski definition) is 3. The first kappa shape index (κ1) is 7.78. The fraction of sp³-hybridized carbons (Fsp3) is 0.800. The summed E-state index contributed by atoms with van der Waals surface area (Å²) in [4.78, 5) is 10.3. The average molecular weight is 166 g/mol. The predicted octanol–water partition coefficient (Wildman–Crippen LogP) is -0.989. The zero-order valence-electron chi connectivity index (χ0n) is 5.12. The van der Waals surface area contributed by atoms with E-state index in [1.165, 1.54) is 0 Å². The second-order valence-electron chi connectivity index (χ2n) is 2.23. The van der Waals surface area contributed by atoms with E-state index in [4.69, 9.17) is 21.8 Å². The van der Waals surface area contributed by atoms with Gasteiger partial charge in [0.1, 0.15) is 6.04 Å². The van der Waals surface area contributed by atoms with Crippen LogP contribution in [0.1, 0.15) is 0 Å². The van der Waals surface area contributed by atoms with Gasteiger partial charge < -0.3 is 15.5 Å². The maximum atomic E-state index is 10.3. The molecule has 1 aliphatic rings. The molecule has 0 radical (unpaired) electrons. The molecule has 3 N–H and O–H groups in total. The molecule has 58 valence electrons. The van der Waals surface area contributed by atoms with Gasteiger partial charge in [-0.2, -0.15) is 0 Å². The molecule has 0 aromatic rings. The Labute approximate surface area is 62.8 Å². The van der Waals surface area contributed by atoms with Gasteiger partial charge >= 0.3 is 5.97 Å². The first-order chi connectivity index (χ1) is 4.63. The van der Waals surface area contributed by atoms with E-state index in [9.17, 15) is 4.79 Å². The van der Waals surface area contributed by atoms with Crippen molar-refractivity contribution in [2.45, 2.75) is 17.5 Å². The van der Waals surface area contributed by atoms with Gasteiger partial charge in [-0.3, -0.25) is 4.79 Å². The predicted molar refractivity (Wildman–Crippen MR) is 35.1 cm³/mol. The second kappa shape index (κ2) is 2.74. The molecule has 4 nitrogen and oxygen atoms in total. The molecule has 0 aliphatic carbocycles. The van der Waals surface area contributed by atoms with Crippen LogP contribution in [0.15, 0.2) is 0 Å². The van der Waals surface area contributed by atoms with Crippen molar-refractivity contribution in [1.82, 2.24) is 5.32 Å². The zero-order valence-corrected chi connectivity index (χ0v) is 5.88. The Morgan fingerprint density at radius 1 is 1.70 bits per heavy atom.